The van der Waals surface area contributed by atoms with Crippen LogP contribution in [0.25, 0.3) is 11.1 Å². The predicted octanol–water partition coefficient (Wildman–Crippen LogP) is 0.628. The van der Waals surface area contributed by atoms with Crippen LogP contribution in [0.2, 0.25) is 0 Å². The van der Waals surface area contributed by atoms with E-state index in [1.807, 2.05) is 18.2 Å². The van der Waals surface area contributed by atoms with Crippen molar-refractivity contribution in [2.24, 2.45) is 0 Å². The van der Waals surface area contributed by atoms with Gasteiger partial charge in [0.05, 0.1) is 6.42 Å². The lowest BCUT2D eigenvalue weighted by atomic mass is 10.1. The van der Waals surface area contributed by atoms with Crippen LogP contribution in [0.15, 0.2) is 22.6 Å². The molecule has 2 aliphatic heterocycles. The molecule has 1 atom stereocenters. The van der Waals surface area contributed by atoms with Crippen LogP contribution in [0, 0.1) is 6.92 Å². The second-order valence-electron chi connectivity index (χ2n) is 7.08. The number of nitrogens with zero attached hydrogens (tertiary/aromatic N) is 3. The number of hydrogen-bond acceptors (Lipinski definition) is 5. The molecule has 2 saturated heterocycles. The number of aromatic nitrogens is 1. The highest BCUT2D eigenvalue weighted by molar-refractivity contribution is 5.91. The van der Waals surface area contributed by atoms with Crippen molar-refractivity contribution in [1.29, 1.82) is 0 Å². The van der Waals surface area contributed by atoms with Crippen LogP contribution in [0.4, 0.5) is 0 Å². The third-order valence-corrected chi connectivity index (χ3v) is 5.15. The van der Waals surface area contributed by atoms with Crippen molar-refractivity contribution in [2.75, 3.05) is 26.2 Å². The SMILES string of the molecule is Cc1nc2ccc(CC(=O)N3CCN(C(=O)C4CCC(=O)N4)CC3)cc2o1. The number of fused-ring (bicyclic) bond motifs is 1. The number of aryl methyl sites for hydroxylation is 1. The Bertz CT molecular complexity index is 898. The number of hydrogen-bond donors (Lipinski definition) is 1. The van der Waals surface area contributed by atoms with Gasteiger partial charge in [-0.2, -0.15) is 0 Å². The van der Waals surface area contributed by atoms with Gasteiger partial charge in [0, 0.05) is 39.5 Å². The van der Waals surface area contributed by atoms with Gasteiger partial charge in [-0.15, -0.1) is 0 Å². The van der Waals surface area contributed by atoms with Gasteiger partial charge in [-0.05, 0) is 24.1 Å². The first-order valence-electron chi connectivity index (χ1n) is 9.21. The number of carbonyl (C=O) groups is 3. The van der Waals surface area contributed by atoms with Crippen LogP contribution < -0.4 is 5.32 Å². The summed E-state index contributed by atoms with van der Waals surface area (Å²) in [4.78, 5) is 44.1. The van der Waals surface area contributed by atoms with E-state index in [0.29, 0.717) is 56.9 Å². The van der Waals surface area contributed by atoms with Crippen LogP contribution >= 0.6 is 0 Å². The van der Waals surface area contributed by atoms with Crippen molar-refractivity contribution in [3.63, 3.8) is 0 Å². The molecule has 8 nitrogen and oxygen atoms in total. The fraction of sp³-hybridized carbons (Fsp3) is 0.474. The molecule has 1 N–H and O–H groups in total. The van der Waals surface area contributed by atoms with Crippen LogP contribution in [0.3, 0.4) is 0 Å². The van der Waals surface area contributed by atoms with E-state index in [1.54, 1.807) is 16.7 Å². The molecule has 0 spiro atoms. The summed E-state index contributed by atoms with van der Waals surface area (Å²) < 4.78 is 5.52. The van der Waals surface area contributed by atoms with E-state index >= 15 is 0 Å². The summed E-state index contributed by atoms with van der Waals surface area (Å²) in [5.74, 6) is 0.528. The summed E-state index contributed by atoms with van der Waals surface area (Å²) in [7, 11) is 0. The first-order chi connectivity index (χ1) is 13.0. The first-order valence-corrected chi connectivity index (χ1v) is 9.21. The van der Waals surface area contributed by atoms with E-state index < -0.39 is 6.04 Å². The number of nitrogens with one attached hydrogen (secondary N) is 1. The summed E-state index contributed by atoms with van der Waals surface area (Å²) in [6.07, 6.45) is 1.26. The molecule has 1 unspecified atom stereocenters. The van der Waals surface area contributed by atoms with Crippen LogP contribution in [-0.4, -0.2) is 64.7 Å². The molecule has 8 heteroatoms. The summed E-state index contributed by atoms with van der Waals surface area (Å²) in [6.45, 7) is 3.81. The molecule has 0 radical (unpaired) electrons. The van der Waals surface area contributed by atoms with Gasteiger partial charge >= 0.3 is 0 Å². The average molecular weight is 370 g/mol. The summed E-state index contributed by atoms with van der Waals surface area (Å²) >= 11 is 0. The molecule has 1 aromatic heterocycles. The van der Waals surface area contributed by atoms with E-state index in [0.717, 1.165) is 11.1 Å². The third kappa shape index (κ3) is 3.65. The van der Waals surface area contributed by atoms with Crippen LogP contribution in [-0.2, 0) is 20.8 Å². The maximum atomic E-state index is 12.6. The Hall–Kier alpha value is -2.90. The third-order valence-electron chi connectivity index (χ3n) is 5.15. The Balaban J connectivity index is 1.32. The van der Waals surface area contributed by atoms with Crippen LogP contribution in [0.5, 0.6) is 0 Å². The Morgan fingerprint density at radius 3 is 2.67 bits per heavy atom. The van der Waals surface area contributed by atoms with Crippen molar-refractivity contribution >= 4 is 28.8 Å². The average Bonchev–Trinajstić information content (AvgIpc) is 3.25. The fourth-order valence-corrected chi connectivity index (χ4v) is 3.68. The van der Waals surface area contributed by atoms with Gasteiger partial charge in [-0.3, -0.25) is 14.4 Å². The predicted molar refractivity (Wildman–Crippen MR) is 96.8 cm³/mol. The molecular formula is C19H22N4O4. The quantitative estimate of drug-likeness (QED) is 0.855. The number of rotatable bonds is 3. The highest BCUT2D eigenvalue weighted by Gasteiger charge is 2.32. The van der Waals surface area contributed by atoms with Crippen LogP contribution in [0.1, 0.15) is 24.3 Å². The van der Waals surface area contributed by atoms with Gasteiger partial charge in [0.1, 0.15) is 11.6 Å². The molecule has 3 heterocycles. The zero-order chi connectivity index (χ0) is 19.0. The number of piperazine rings is 1. The van der Waals surface area contributed by atoms with Crippen molar-refractivity contribution in [3.8, 4) is 0 Å². The molecule has 3 amide bonds. The Kier molecular flexibility index (Phi) is 4.55. The largest absolute Gasteiger partial charge is 0.441 e. The lowest BCUT2D eigenvalue weighted by molar-refractivity contribution is -0.140. The summed E-state index contributed by atoms with van der Waals surface area (Å²) in [5.41, 5.74) is 2.36. The molecule has 1 aromatic carbocycles. The first kappa shape index (κ1) is 17.5. The minimum absolute atomic E-state index is 0.0341. The number of carbonyl (C=O) groups excluding carboxylic acids is 3. The minimum Gasteiger partial charge on any atom is -0.441 e. The van der Waals surface area contributed by atoms with Gasteiger partial charge in [-0.1, -0.05) is 6.07 Å². The molecular weight excluding hydrogens is 348 g/mol. The number of amides is 3. The zero-order valence-corrected chi connectivity index (χ0v) is 15.2. The van der Waals surface area contributed by atoms with E-state index in [2.05, 4.69) is 10.3 Å². The monoisotopic (exact) mass is 370 g/mol. The van der Waals surface area contributed by atoms with E-state index in [1.165, 1.54) is 0 Å². The van der Waals surface area contributed by atoms with Gasteiger partial charge in [0.25, 0.3) is 0 Å². The maximum absolute atomic E-state index is 12.6. The molecule has 4 rings (SSSR count). The molecule has 0 bridgehead atoms. The molecule has 142 valence electrons. The highest BCUT2D eigenvalue weighted by Crippen LogP contribution is 2.18. The highest BCUT2D eigenvalue weighted by atomic mass is 16.3. The van der Waals surface area contributed by atoms with Gasteiger partial charge in [-0.25, -0.2) is 4.98 Å². The second kappa shape index (κ2) is 7.02. The topological polar surface area (TPSA) is 95.8 Å². The minimum atomic E-state index is -0.406. The van der Waals surface area contributed by atoms with E-state index in [9.17, 15) is 14.4 Å². The fourth-order valence-electron chi connectivity index (χ4n) is 3.68. The zero-order valence-electron chi connectivity index (χ0n) is 15.2. The molecule has 27 heavy (non-hydrogen) atoms. The molecule has 0 saturated carbocycles. The normalized spacial score (nSPS) is 20.2. The van der Waals surface area contributed by atoms with E-state index in [4.69, 9.17) is 4.42 Å². The van der Waals surface area contributed by atoms with Crippen molar-refractivity contribution in [2.45, 2.75) is 32.2 Å². The summed E-state index contributed by atoms with van der Waals surface area (Å²) in [6, 6.07) is 5.21. The Morgan fingerprint density at radius 2 is 1.96 bits per heavy atom. The van der Waals surface area contributed by atoms with Crippen molar-refractivity contribution in [1.82, 2.24) is 20.1 Å². The lowest BCUT2D eigenvalue weighted by Gasteiger charge is -2.36. The Morgan fingerprint density at radius 1 is 1.22 bits per heavy atom. The molecule has 2 fully saturated rings. The molecule has 0 aliphatic carbocycles. The van der Waals surface area contributed by atoms with Crippen molar-refractivity contribution in [3.05, 3.63) is 29.7 Å². The molecule has 2 aliphatic rings. The second-order valence-corrected chi connectivity index (χ2v) is 7.08. The van der Waals surface area contributed by atoms with Gasteiger partial charge < -0.3 is 19.5 Å². The standard InChI is InChI=1S/C19H22N4O4/c1-12-20-14-3-2-13(10-16(14)27-12)11-18(25)22-6-8-23(9-7-22)19(26)15-4-5-17(24)21-15/h2-3,10,15H,4-9,11H2,1H3,(H,21,24). The molecule has 2 aromatic rings. The number of oxazole rings is 1. The Labute approximate surface area is 156 Å². The lowest BCUT2D eigenvalue weighted by Crippen LogP contribution is -2.54. The smallest absolute Gasteiger partial charge is 0.245 e. The van der Waals surface area contributed by atoms with Gasteiger partial charge in [0.15, 0.2) is 11.5 Å². The van der Waals surface area contributed by atoms with Crippen molar-refractivity contribution < 1.29 is 18.8 Å². The summed E-state index contributed by atoms with van der Waals surface area (Å²) in [5, 5.41) is 2.71. The van der Waals surface area contributed by atoms with Gasteiger partial charge in [0.2, 0.25) is 17.7 Å². The van der Waals surface area contributed by atoms with E-state index in [-0.39, 0.29) is 17.7 Å². The maximum Gasteiger partial charge on any atom is 0.245 e. The number of benzene rings is 1.